The van der Waals surface area contributed by atoms with E-state index in [0.717, 1.165) is 3.01 Å². The Morgan fingerprint density at radius 1 is 1.40 bits per heavy atom. The van der Waals surface area contributed by atoms with Crippen LogP contribution in [0, 0.1) is 8.83 Å². The highest BCUT2D eigenvalue weighted by molar-refractivity contribution is 14.1. The molecule has 2 aromatic rings. The van der Waals surface area contributed by atoms with Crippen LogP contribution in [-0.4, -0.2) is 17.3 Å². The molecule has 0 amide bonds. The van der Waals surface area contributed by atoms with E-state index in [0.29, 0.717) is 16.3 Å². The highest BCUT2D eigenvalue weighted by Crippen LogP contribution is 2.28. The van der Waals surface area contributed by atoms with Gasteiger partial charge in [0.05, 0.1) is 7.11 Å². The zero-order chi connectivity index (χ0) is 10.8. The van der Waals surface area contributed by atoms with E-state index in [4.69, 9.17) is 4.74 Å². The summed E-state index contributed by atoms with van der Waals surface area (Å²) in [5, 5.41) is 8.30. The van der Waals surface area contributed by atoms with Crippen molar-refractivity contribution in [1.82, 2.24) is 10.2 Å². The number of benzene rings is 1. The number of hydrogen-bond donors (Lipinski definition) is 0. The maximum absolute atomic E-state index is 13.6. The molecule has 1 aromatic carbocycles. The average molecular weight is 336 g/mol. The molecule has 0 bridgehead atoms. The van der Waals surface area contributed by atoms with Gasteiger partial charge in [-0.2, -0.15) is 0 Å². The van der Waals surface area contributed by atoms with Gasteiger partial charge < -0.3 is 4.74 Å². The number of methoxy groups -OCH3 is 1. The van der Waals surface area contributed by atoms with Gasteiger partial charge in [0, 0.05) is 11.6 Å². The largest absolute Gasteiger partial charge is 0.497 e. The molecule has 0 saturated heterocycles. The minimum absolute atomic E-state index is 0.345. The van der Waals surface area contributed by atoms with Crippen molar-refractivity contribution in [3.05, 3.63) is 27.0 Å². The second-order valence-corrected chi connectivity index (χ2v) is 5.44. The van der Waals surface area contributed by atoms with E-state index in [-0.39, 0.29) is 5.82 Å². The van der Waals surface area contributed by atoms with Crippen LogP contribution in [-0.2, 0) is 0 Å². The molecule has 6 heteroatoms. The van der Waals surface area contributed by atoms with Crippen molar-refractivity contribution in [2.24, 2.45) is 0 Å². The van der Waals surface area contributed by atoms with E-state index in [1.807, 2.05) is 0 Å². The Kier molecular flexibility index (Phi) is 3.15. The van der Waals surface area contributed by atoms with Gasteiger partial charge >= 0.3 is 0 Å². The van der Waals surface area contributed by atoms with Gasteiger partial charge in [-0.25, -0.2) is 4.39 Å². The van der Waals surface area contributed by atoms with Crippen LogP contribution in [0.15, 0.2) is 18.2 Å². The summed E-state index contributed by atoms with van der Waals surface area (Å²) < 4.78 is 19.3. The predicted octanol–water partition coefficient (Wildman–Crippen LogP) is 2.96. The van der Waals surface area contributed by atoms with Crippen LogP contribution in [0.5, 0.6) is 5.75 Å². The zero-order valence-electron chi connectivity index (χ0n) is 7.70. The van der Waals surface area contributed by atoms with Crippen molar-refractivity contribution in [3.8, 4) is 16.3 Å². The SMILES string of the molecule is COc1ccc(-c2nnc(I)s2)c(F)c1. The van der Waals surface area contributed by atoms with Crippen molar-refractivity contribution in [2.75, 3.05) is 7.11 Å². The third-order valence-electron chi connectivity index (χ3n) is 1.81. The molecule has 0 aliphatic carbocycles. The molecule has 15 heavy (non-hydrogen) atoms. The summed E-state index contributed by atoms with van der Waals surface area (Å²) >= 11 is 3.40. The number of nitrogens with zero attached hydrogens (tertiary/aromatic N) is 2. The van der Waals surface area contributed by atoms with E-state index >= 15 is 0 Å². The number of aromatic nitrogens is 2. The molecular weight excluding hydrogens is 330 g/mol. The van der Waals surface area contributed by atoms with Crippen LogP contribution in [0.2, 0.25) is 0 Å². The van der Waals surface area contributed by atoms with E-state index < -0.39 is 0 Å². The number of ether oxygens (including phenoxy) is 1. The Hall–Kier alpha value is -0.760. The molecule has 0 spiro atoms. The smallest absolute Gasteiger partial charge is 0.178 e. The molecule has 1 heterocycles. The number of hydrogen-bond acceptors (Lipinski definition) is 4. The first kappa shape index (κ1) is 10.7. The standard InChI is InChI=1S/C9H6FIN2OS/c1-14-5-2-3-6(7(10)4-5)8-12-13-9(11)15-8/h2-4H,1H3. The van der Waals surface area contributed by atoms with Crippen molar-refractivity contribution in [3.63, 3.8) is 0 Å². The lowest BCUT2D eigenvalue weighted by Gasteiger charge is -2.01. The maximum atomic E-state index is 13.6. The van der Waals surface area contributed by atoms with Crippen LogP contribution >= 0.6 is 33.9 Å². The molecule has 0 aliphatic rings. The fraction of sp³-hybridized carbons (Fsp3) is 0.111. The molecule has 0 unspecified atom stereocenters. The Morgan fingerprint density at radius 3 is 2.73 bits per heavy atom. The van der Waals surface area contributed by atoms with Crippen molar-refractivity contribution in [2.45, 2.75) is 0 Å². The normalized spacial score (nSPS) is 10.3. The Bertz CT molecular complexity index is 489. The molecule has 0 radical (unpaired) electrons. The van der Waals surface area contributed by atoms with Crippen LogP contribution in [0.3, 0.4) is 0 Å². The Balaban J connectivity index is 2.45. The second-order valence-electron chi connectivity index (χ2n) is 2.71. The summed E-state index contributed by atoms with van der Waals surface area (Å²) in [7, 11) is 1.50. The van der Waals surface area contributed by atoms with Gasteiger partial charge in [-0.3, -0.25) is 0 Å². The van der Waals surface area contributed by atoms with Crippen LogP contribution < -0.4 is 4.74 Å². The summed E-state index contributed by atoms with van der Waals surface area (Å²) in [6.07, 6.45) is 0. The van der Waals surface area contributed by atoms with Crippen molar-refractivity contribution >= 4 is 33.9 Å². The Labute approximate surface area is 103 Å². The molecular formula is C9H6FIN2OS. The maximum Gasteiger partial charge on any atom is 0.178 e. The molecule has 78 valence electrons. The second kappa shape index (κ2) is 4.40. The number of rotatable bonds is 2. The average Bonchev–Trinajstić information content (AvgIpc) is 2.64. The van der Waals surface area contributed by atoms with Crippen LogP contribution in [0.4, 0.5) is 4.39 Å². The van der Waals surface area contributed by atoms with E-state index in [2.05, 4.69) is 32.8 Å². The first-order chi connectivity index (χ1) is 7.20. The van der Waals surface area contributed by atoms with Crippen molar-refractivity contribution < 1.29 is 9.13 Å². The lowest BCUT2D eigenvalue weighted by atomic mass is 10.2. The van der Waals surface area contributed by atoms with Crippen molar-refractivity contribution in [1.29, 1.82) is 0 Å². The van der Waals surface area contributed by atoms with Gasteiger partial charge in [-0.1, -0.05) is 11.3 Å². The van der Waals surface area contributed by atoms with E-state index in [1.54, 1.807) is 12.1 Å². The van der Waals surface area contributed by atoms with Gasteiger partial charge in [0.2, 0.25) is 0 Å². The summed E-state index contributed by atoms with van der Waals surface area (Å²) in [5.74, 6) is 0.150. The first-order valence-electron chi connectivity index (χ1n) is 4.03. The number of halogens is 2. The molecule has 0 fully saturated rings. The quantitative estimate of drug-likeness (QED) is 0.791. The topological polar surface area (TPSA) is 35.0 Å². The summed E-state index contributed by atoms with van der Waals surface area (Å²) in [5.41, 5.74) is 0.455. The summed E-state index contributed by atoms with van der Waals surface area (Å²) in [6, 6.07) is 4.68. The molecule has 2 rings (SSSR count). The molecule has 0 atom stereocenters. The minimum atomic E-state index is -0.345. The summed E-state index contributed by atoms with van der Waals surface area (Å²) in [4.78, 5) is 0. The van der Waals surface area contributed by atoms with Gasteiger partial charge in [0.1, 0.15) is 11.6 Å². The zero-order valence-corrected chi connectivity index (χ0v) is 10.7. The van der Waals surface area contributed by atoms with E-state index in [9.17, 15) is 4.39 Å². The molecule has 0 aliphatic heterocycles. The fourth-order valence-electron chi connectivity index (χ4n) is 1.11. The summed E-state index contributed by atoms with van der Waals surface area (Å²) in [6.45, 7) is 0. The van der Waals surface area contributed by atoms with Gasteiger partial charge in [0.15, 0.2) is 8.02 Å². The highest BCUT2D eigenvalue weighted by atomic mass is 127. The lowest BCUT2D eigenvalue weighted by molar-refractivity contribution is 0.411. The van der Waals surface area contributed by atoms with Crippen LogP contribution in [0.25, 0.3) is 10.6 Å². The monoisotopic (exact) mass is 336 g/mol. The first-order valence-corrected chi connectivity index (χ1v) is 5.93. The van der Waals surface area contributed by atoms with Gasteiger partial charge in [-0.15, -0.1) is 10.2 Å². The van der Waals surface area contributed by atoms with Gasteiger partial charge in [-0.05, 0) is 34.7 Å². The third-order valence-corrected chi connectivity index (χ3v) is 3.43. The van der Waals surface area contributed by atoms with Gasteiger partial charge in [0.25, 0.3) is 0 Å². The third kappa shape index (κ3) is 2.25. The highest BCUT2D eigenvalue weighted by Gasteiger charge is 2.10. The predicted molar refractivity (Wildman–Crippen MR) is 64.6 cm³/mol. The minimum Gasteiger partial charge on any atom is -0.497 e. The fourth-order valence-corrected chi connectivity index (χ4v) is 2.44. The molecule has 0 saturated carbocycles. The Morgan fingerprint density at radius 2 is 2.20 bits per heavy atom. The molecule has 1 aromatic heterocycles. The molecule has 3 nitrogen and oxygen atoms in total. The lowest BCUT2D eigenvalue weighted by Crippen LogP contribution is -1.87. The molecule has 0 N–H and O–H groups in total. The van der Waals surface area contributed by atoms with E-state index in [1.165, 1.54) is 24.5 Å². The van der Waals surface area contributed by atoms with Crippen LogP contribution in [0.1, 0.15) is 0 Å².